The van der Waals surface area contributed by atoms with E-state index in [-0.39, 0.29) is 29.2 Å². The Kier molecular flexibility index (Phi) is 8.76. The Morgan fingerprint density at radius 2 is 1.83 bits per heavy atom. The van der Waals surface area contributed by atoms with Crippen LogP contribution in [0, 0.1) is 11.6 Å². The number of ether oxygens (including phenoxy) is 1. The summed E-state index contributed by atoms with van der Waals surface area (Å²) in [7, 11) is 0. The van der Waals surface area contributed by atoms with Crippen LogP contribution >= 0.6 is 0 Å². The third-order valence-electron chi connectivity index (χ3n) is 5.83. The molecular formula is C26H28F2N4O4. The number of benzene rings is 1. The number of nitrogens with zero attached hydrogens (tertiary/aromatic N) is 3. The summed E-state index contributed by atoms with van der Waals surface area (Å²) in [4.78, 5) is 34.5. The Hall–Kier alpha value is -3.79. The quantitative estimate of drug-likeness (QED) is 0.458. The number of carboxylic acid groups (broad SMARTS) is 1. The molecule has 10 heteroatoms. The first-order valence-electron chi connectivity index (χ1n) is 11.5. The number of hydrogen-bond acceptors (Lipinski definition) is 6. The lowest BCUT2D eigenvalue weighted by atomic mass is 9.88. The fourth-order valence-electron chi connectivity index (χ4n) is 3.98. The summed E-state index contributed by atoms with van der Waals surface area (Å²) in [5.74, 6) is -0.919. The molecular weight excluding hydrogens is 470 g/mol. The molecule has 2 aromatic heterocycles. The predicted octanol–water partition coefficient (Wildman–Crippen LogP) is 5.31. The number of pyridine rings is 1. The molecule has 4 rings (SSSR count). The van der Waals surface area contributed by atoms with Crippen LogP contribution in [-0.2, 0) is 15.1 Å². The van der Waals surface area contributed by atoms with E-state index in [1.807, 2.05) is 20.8 Å². The van der Waals surface area contributed by atoms with Crippen LogP contribution in [0.25, 0.3) is 11.1 Å². The summed E-state index contributed by atoms with van der Waals surface area (Å²) in [6.07, 6.45) is 6.96. The van der Waals surface area contributed by atoms with E-state index in [2.05, 4.69) is 20.3 Å². The van der Waals surface area contributed by atoms with Gasteiger partial charge in [-0.2, -0.15) is 0 Å². The summed E-state index contributed by atoms with van der Waals surface area (Å²) in [5, 5.41) is 9.75. The number of carbonyl (C=O) groups excluding carboxylic acids is 1. The first-order valence-corrected chi connectivity index (χ1v) is 11.5. The molecule has 1 aromatic carbocycles. The van der Waals surface area contributed by atoms with Gasteiger partial charge in [-0.3, -0.25) is 14.6 Å². The van der Waals surface area contributed by atoms with Gasteiger partial charge >= 0.3 is 0 Å². The van der Waals surface area contributed by atoms with E-state index in [1.165, 1.54) is 18.6 Å². The second kappa shape index (κ2) is 11.8. The van der Waals surface area contributed by atoms with E-state index >= 15 is 0 Å². The van der Waals surface area contributed by atoms with Crippen LogP contribution in [0.3, 0.4) is 0 Å². The van der Waals surface area contributed by atoms with Crippen molar-refractivity contribution in [3.8, 4) is 11.1 Å². The Morgan fingerprint density at radius 1 is 1.14 bits per heavy atom. The number of amides is 1. The van der Waals surface area contributed by atoms with E-state index in [9.17, 15) is 13.6 Å². The Bertz CT molecular complexity index is 1210. The van der Waals surface area contributed by atoms with Gasteiger partial charge in [-0.15, -0.1) is 0 Å². The Morgan fingerprint density at radius 3 is 2.44 bits per heavy atom. The average Bonchev–Trinajstić information content (AvgIpc) is 2.86. The highest BCUT2D eigenvalue weighted by atomic mass is 19.1. The first kappa shape index (κ1) is 26.8. The number of aromatic nitrogens is 3. The summed E-state index contributed by atoms with van der Waals surface area (Å²) >= 11 is 0. The summed E-state index contributed by atoms with van der Waals surface area (Å²) in [5.41, 5.74) is 0.564. The molecule has 3 heterocycles. The summed E-state index contributed by atoms with van der Waals surface area (Å²) < 4.78 is 34.8. The number of anilines is 1. The molecule has 190 valence electrons. The fraction of sp³-hybridized carbons (Fsp3) is 0.346. The molecule has 2 N–H and O–H groups in total. The van der Waals surface area contributed by atoms with Crippen LogP contribution in [0.4, 0.5) is 14.5 Å². The smallest absolute Gasteiger partial charge is 0.290 e. The molecule has 0 saturated carbocycles. The van der Waals surface area contributed by atoms with Crippen LogP contribution in [-0.4, -0.2) is 39.0 Å². The van der Waals surface area contributed by atoms with Crippen molar-refractivity contribution in [1.82, 2.24) is 15.0 Å². The standard InChI is InChI=1S/C25H26F2N4O2.CH2O2/c1-15(2)23-29-13-16(14-30-23)24(32)31-21-18(19-12-17(26)6-7-20(19)27)8-10-28-22(21)25(3)9-4-5-11-33-25;2-1-3/h6-8,10,12-15H,4-5,9,11H2,1-3H3,(H,31,32);1H,(H,2,3). The van der Waals surface area contributed by atoms with Crippen molar-refractivity contribution in [1.29, 1.82) is 0 Å². The number of hydrogen-bond donors (Lipinski definition) is 2. The molecule has 1 amide bonds. The molecule has 1 unspecified atom stereocenters. The highest BCUT2D eigenvalue weighted by Gasteiger charge is 2.35. The third-order valence-corrected chi connectivity index (χ3v) is 5.83. The molecule has 1 aliphatic heterocycles. The fourth-order valence-corrected chi connectivity index (χ4v) is 3.98. The zero-order valence-corrected chi connectivity index (χ0v) is 20.3. The van der Waals surface area contributed by atoms with E-state index in [4.69, 9.17) is 14.6 Å². The van der Waals surface area contributed by atoms with Crippen LogP contribution in [0.15, 0.2) is 42.9 Å². The molecule has 36 heavy (non-hydrogen) atoms. The van der Waals surface area contributed by atoms with Crippen molar-refractivity contribution in [3.63, 3.8) is 0 Å². The second-order valence-electron chi connectivity index (χ2n) is 8.79. The van der Waals surface area contributed by atoms with Gasteiger partial charge in [-0.05, 0) is 50.5 Å². The molecule has 8 nitrogen and oxygen atoms in total. The molecule has 1 aliphatic rings. The maximum absolute atomic E-state index is 14.7. The van der Waals surface area contributed by atoms with Crippen molar-refractivity contribution in [2.75, 3.05) is 11.9 Å². The van der Waals surface area contributed by atoms with Crippen LogP contribution < -0.4 is 5.32 Å². The van der Waals surface area contributed by atoms with Gasteiger partial charge in [0.15, 0.2) is 0 Å². The molecule has 0 aliphatic carbocycles. The van der Waals surface area contributed by atoms with Gasteiger partial charge in [-0.1, -0.05) is 13.8 Å². The van der Waals surface area contributed by atoms with Gasteiger partial charge < -0.3 is 15.2 Å². The van der Waals surface area contributed by atoms with Gasteiger partial charge in [0.25, 0.3) is 12.4 Å². The van der Waals surface area contributed by atoms with Crippen molar-refractivity contribution < 1.29 is 28.2 Å². The maximum atomic E-state index is 14.7. The highest BCUT2D eigenvalue weighted by molar-refractivity contribution is 6.06. The zero-order valence-electron chi connectivity index (χ0n) is 20.3. The monoisotopic (exact) mass is 498 g/mol. The molecule has 1 saturated heterocycles. The first-order chi connectivity index (χ1) is 17.2. The molecule has 0 spiro atoms. The van der Waals surface area contributed by atoms with Crippen LogP contribution in [0.5, 0.6) is 0 Å². The number of halogens is 2. The lowest BCUT2D eigenvalue weighted by molar-refractivity contribution is -0.122. The normalized spacial score (nSPS) is 17.2. The second-order valence-corrected chi connectivity index (χ2v) is 8.79. The minimum Gasteiger partial charge on any atom is -0.483 e. The largest absolute Gasteiger partial charge is 0.483 e. The third kappa shape index (κ3) is 6.06. The van der Waals surface area contributed by atoms with E-state index in [0.29, 0.717) is 30.1 Å². The Balaban J connectivity index is 0.00000115. The lowest BCUT2D eigenvalue weighted by Gasteiger charge is -2.35. The van der Waals surface area contributed by atoms with Crippen LogP contribution in [0.1, 0.15) is 67.8 Å². The molecule has 1 atom stereocenters. The molecule has 0 radical (unpaired) electrons. The van der Waals surface area contributed by atoms with Crippen LogP contribution in [0.2, 0.25) is 0 Å². The zero-order chi connectivity index (χ0) is 26.3. The molecule has 3 aromatic rings. The molecule has 0 bridgehead atoms. The number of rotatable bonds is 5. The van der Waals surface area contributed by atoms with Gasteiger partial charge in [0.05, 0.1) is 16.9 Å². The van der Waals surface area contributed by atoms with Gasteiger partial charge in [0, 0.05) is 42.2 Å². The predicted molar refractivity (Wildman–Crippen MR) is 130 cm³/mol. The minimum atomic E-state index is -0.779. The highest BCUT2D eigenvalue weighted by Crippen LogP contribution is 2.42. The maximum Gasteiger partial charge on any atom is 0.290 e. The van der Waals surface area contributed by atoms with E-state index in [0.717, 1.165) is 31.0 Å². The van der Waals surface area contributed by atoms with Crippen molar-refractivity contribution in [2.24, 2.45) is 0 Å². The van der Waals surface area contributed by atoms with Gasteiger partial charge in [0.2, 0.25) is 0 Å². The van der Waals surface area contributed by atoms with Crippen molar-refractivity contribution >= 4 is 18.1 Å². The average molecular weight is 499 g/mol. The molecule has 1 fully saturated rings. The summed E-state index contributed by atoms with van der Waals surface area (Å²) in [6, 6.07) is 4.78. The van der Waals surface area contributed by atoms with Gasteiger partial charge in [0.1, 0.15) is 23.1 Å². The topological polar surface area (TPSA) is 114 Å². The minimum absolute atomic E-state index is 0.0276. The van der Waals surface area contributed by atoms with E-state index in [1.54, 1.807) is 6.07 Å². The van der Waals surface area contributed by atoms with E-state index < -0.39 is 23.1 Å². The van der Waals surface area contributed by atoms with Gasteiger partial charge in [-0.25, -0.2) is 18.7 Å². The number of nitrogens with one attached hydrogen (secondary N) is 1. The SMILES string of the molecule is CC(C)c1ncc(C(=O)Nc2c(-c3cc(F)ccc3F)ccnc2C2(C)CCCCO2)cn1.O=CO. The van der Waals surface area contributed by atoms with Crippen molar-refractivity contribution in [2.45, 2.75) is 51.6 Å². The Labute approximate surface area is 207 Å². The van der Waals surface area contributed by atoms with Crippen molar-refractivity contribution in [3.05, 3.63) is 71.6 Å². The lowest BCUT2D eigenvalue weighted by Crippen LogP contribution is -2.33. The summed E-state index contributed by atoms with van der Waals surface area (Å²) in [6.45, 7) is 6.12. The number of carbonyl (C=O) groups is 2.